The number of amides is 1. The zero-order valence-electron chi connectivity index (χ0n) is 20.3. The maximum atomic E-state index is 13.5. The number of aliphatic hydroxyl groups is 1. The molecule has 6 nitrogen and oxygen atoms in total. The Morgan fingerprint density at radius 2 is 1.77 bits per heavy atom. The topological polar surface area (TPSA) is 62.2 Å². The van der Waals surface area contributed by atoms with Crippen LogP contribution in [0.1, 0.15) is 61.1 Å². The number of ether oxygens (including phenoxy) is 2. The van der Waals surface area contributed by atoms with Gasteiger partial charge in [-0.25, -0.2) is 0 Å². The molecule has 1 amide bonds. The second kappa shape index (κ2) is 11.7. The largest absolute Gasteiger partial charge is 0.459 e. The first-order valence-electron chi connectivity index (χ1n) is 12.9. The van der Waals surface area contributed by atoms with E-state index in [9.17, 15) is 9.90 Å². The number of aliphatic hydroxyl groups excluding tert-OH is 1. The summed E-state index contributed by atoms with van der Waals surface area (Å²) in [5.74, 6) is 0.508. The predicted octanol–water partition coefficient (Wildman–Crippen LogP) is 4.65. The third-order valence-corrected chi connectivity index (χ3v) is 8.24. The van der Waals surface area contributed by atoms with Crippen LogP contribution in [-0.2, 0) is 27.5 Å². The fraction of sp³-hybridized carbons (Fsp3) is 0.536. The van der Waals surface area contributed by atoms with Gasteiger partial charge in [-0.2, -0.15) is 11.3 Å². The van der Waals surface area contributed by atoms with Gasteiger partial charge >= 0.3 is 0 Å². The minimum atomic E-state index is -0.479. The van der Waals surface area contributed by atoms with Gasteiger partial charge in [0.1, 0.15) is 0 Å². The third-order valence-electron chi connectivity index (χ3n) is 7.54. The van der Waals surface area contributed by atoms with Crippen molar-refractivity contribution in [1.82, 2.24) is 9.80 Å². The number of rotatable bonds is 7. The fourth-order valence-corrected chi connectivity index (χ4v) is 6.16. The highest BCUT2D eigenvalue weighted by molar-refractivity contribution is 7.08. The molecular formula is C28H36N2O4S. The molecule has 5 rings (SSSR count). The smallest absolute Gasteiger partial charge is 0.288 e. The molecule has 3 aliphatic heterocycles. The van der Waals surface area contributed by atoms with E-state index in [1.54, 1.807) is 11.3 Å². The van der Waals surface area contributed by atoms with Crippen LogP contribution in [0.15, 0.2) is 52.9 Å². The van der Waals surface area contributed by atoms with Gasteiger partial charge in [0.2, 0.25) is 6.29 Å². The van der Waals surface area contributed by atoms with Crippen LogP contribution in [0.4, 0.5) is 0 Å². The summed E-state index contributed by atoms with van der Waals surface area (Å²) in [6, 6.07) is 10.4. The molecule has 4 heterocycles. The van der Waals surface area contributed by atoms with E-state index >= 15 is 0 Å². The van der Waals surface area contributed by atoms with Crippen LogP contribution < -0.4 is 0 Å². The van der Waals surface area contributed by atoms with Crippen molar-refractivity contribution in [1.29, 1.82) is 0 Å². The van der Waals surface area contributed by atoms with Gasteiger partial charge in [-0.3, -0.25) is 4.79 Å². The van der Waals surface area contributed by atoms with E-state index < -0.39 is 6.29 Å². The fourth-order valence-electron chi connectivity index (χ4n) is 5.43. The van der Waals surface area contributed by atoms with Gasteiger partial charge < -0.3 is 24.4 Å². The normalized spacial score (nSPS) is 24.1. The summed E-state index contributed by atoms with van der Waals surface area (Å²) in [7, 11) is 0. The maximum absolute atomic E-state index is 13.5. The Morgan fingerprint density at radius 3 is 2.46 bits per heavy atom. The number of nitrogens with zero attached hydrogens (tertiary/aromatic N) is 2. The lowest BCUT2D eigenvalue weighted by atomic mass is 9.94. The molecule has 1 N–H and O–H groups in total. The van der Waals surface area contributed by atoms with Crippen LogP contribution >= 0.6 is 11.3 Å². The SMILES string of the molecule is O=C(C1=CC(c2ccsc2)CC(OCc2ccc(CO)cc2)O1)N1CCC(N2CCCCC2)CC1. The summed E-state index contributed by atoms with van der Waals surface area (Å²) < 4.78 is 12.3. The average Bonchev–Trinajstić information content (AvgIpc) is 3.48. The van der Waals surface area contributed by atoms with E-state index in [-0.39, 0.29) is 18.4 Å². The molecule has 7 heteroatoms. The second-order valence-corrected chi connectivity index (χ2v) is 10.7. The molecule has 0 spiro atoms. The van der Waals surface area contributed by atoms with Crippen LogP contribution in [-0.4, -0.2) is 59.3 Å². The Kier molecular flexibility index (Phi) is 8.19. The van der Waals surface area contributed by atoms with Crippen molar-refractivity contribution >= 4 is 17.2 Å². The van der Waals surface area contributed by atoms with Crippen molar-refractivity contribution in [2.45, 2.75) is 70.0 Å². The number of thiophene rings is 1. The average molecular weight is 497 g/mol. The van der Waals surface area contributed by atoms with Crippen molar-refractivity contribution in [3.05, 3.63) is 69.6 Å². The minimum absolute atomic E-state index is 0.0112. The quantitative estimate of drug-likeness (QED) is 0.605. The number of carbonyl (C=O) groups is 1. The number of likely N-dealkylation sites (tertiary alicyclic amines) is 2. The van der Waals surface area contributed by atoms with Crippen molar-refractivity contribution in [2.24, 2.45) is 0 Å². The number of hydrogen-bond donors (Lipinski definition) is 1. The summed E-state index contributed by atoms with van der Waals surface area (Å²) in [6.45, 7) is 4.41. The molecule has 1 aromatic carbocycles. The van der Waals surface area contributed by atoms with E-state index in [1.165, 1.54) is 37.9 Å². The minimum Gasteiger partial charge on any atom is -0.459 e. The predicted molar refractivity (Wildman–Crippen MR) is 137 cm³/mol. The zero-order valence-corrected chi connectivity index (χ0v) is 21.1. The van der Waals surface area contributed by atoms with Crippen LogP contribution in [0.5, 0.6) is 0 Å². The molecule has 0 radical (unpaired) electrons. The van der Waals surface area contributed by atoms with Gasteiger partial charge in [0.15, 0.2) is 5.76 Å². The summed E-state index contributed by atoms with van der Waals surface area (Å²) in [5.41, 5.74) is 3.09. The summed E-state index contributed by atoms with van der Waals surface area (Å²) in [4.78, 5) is 18.1. The van der Waals surface area contributed by atoms with E-state index in [0.717, 1.165) is 37.1 Å². The molecule has 188 valence electrons. The Bertz CT molecular complexity index is 977. The molecule has 2 aromatic rings. The zero-order chi connectivity index (χ0) is 24.0. The monoisotopic (exact) mass is 496 g/mol. The lowest BCUT2D eigenvalue weighted by Gasteiger charge is -2.40. The molecule has 0 bridgehead atoms. The van der Waals surface area contributed by atoms with Crippen molar-refractivity contribution in [2.75, 3.05) is 26.2 Å². The lowest BCUT2D eigenvalue weighted by molar-refractivity contribution is -0.157. The highest BCUT2D eigenvalue weighted by Gasteiger charge is 2.34. The van der Waals surface area contributed by atoms with Crippen LogP contribution in [0.3, 0.4) is 0 Å². The molecule has 2 unspecified atom stereocenters. The van der Waals surface area contributed by atoms with Crippen molar-refractivity contribution < 1.29 is 19.4 Å². The van der Waals surface area contributed by atoms with Gasteiger partial charge in [0, 0.05) is 31.5 Å². The number of carbonyl (C=O) groups excluding carboxylic acids is 1. The van der Waals surface area contributed by atoms with E-state index in [1.807, 2.05) is 35.2 Å². The number of benzene rings is 1. The Morgan fingerprint density at radius 1 is 1.03 bits per heavy atom. The maximum Gasteiger partial charge on any atom is 0.288 e. The Hall–Kier alpha value is -2.19. The molecule has 1 aromatic heterocycles. The van der Waals surface area contributed by atoms with E-state index in [2.05, 4.69) is 21.7 Å². The highest BCUT2D eigenvalue weighted by atomic mass is 32.1. The molecule has 3 aliphatic rings. The number of hydrogen-bond acceptors (Lipinski definition) is 6. The van der Waals surface area contributed by atoms with Crippen molar-refractivity contribution in [3.63, 3.8) is 0 Å². The molecular weight excluding hydrogens is 460 g/mol. The van der Waals surface area contributed by atoms with Crippen LogP contribution in [0, 0.1) is 0 Å². The van der Waals surface area contributed by atoms with Crippen LogP contribution in [0.25, 0.3) is 0 Å². The molecule has 0 aliphatic carbocycles. The summed E-state index contributed by atoms with van der Waals surface area (Å²) in [5, 5.41) is 13.5. The second-order valence-electron chi connectivity index (χ2n) is 9.88. The number of allylic oxidation sites excluding steroid dienone is 1. The van der Waals surface area contributed by atoms with Crippen molar-refractivity contribution in [3.8, 4) is 0 Å². The first-order valence-corrected chi connectivity index (χ1v) is 13.9. The summed E-state index contributed by atoms with van der Waals surface area (Å²) >= 11 is 1.67. The molecule has 2 fully saturated rings. The molecule has 35 heavy (non-hydrogen) atoms. The Labute approximate surface area is 212 Å². The first kappa shape index (κ1) is 24.5. The van der Waals surface area contributed by atoms with Crippen LogP contribution in [0.2, 0.25) is 0 Å². The lowest BCUT2D eigenvalue weighted by Crippen LogP contribution is -2.49. The van der Waals surface area contributed by atoms with Gasteiger partial charge in [0.25, 0.3) is 5.91 Å². The first-order chi connectivity index (χ1) is 17.2. The van der Waals surface area contributed by atoms with Gasteiger partial charge in [0.05, 0.1) is 13.2 Å². The molecule has 2 atom stereocenters. The molecule has 2 saturated heterocycles. The summed E-state index contributed by atoms with van der Waals surface area (Å²) in [6.07, 6.45) is 8.23. The number of piperidine rings is 2. The third kappa shape index (κ3) is 6.15. The van der Waals surface area contributed by atoms with E-state index in [4.69, 9.17) is 9.47 Å². The molecule has 0 saturated carbocycles. The highest BCUT2D eigenvalue weighted by Crippen LogP contribution is 2.34. The Balaban J connectivity index is 1.22. The van der Waals surface area contributed by atoms with Gasteiger partial charge in [-0.05, 0) is 78.4 Å². The standard InChI is InChI=1S/C28H36N2O4S/c31-18-21-4-6-22(7-5-21)19-33-27-17-24(23-10-15-35-20-23)16-26(34-27)28(32)30-13-8-25(9-14-30)29-11-2-1-3-12-29/h4-7,10,15-16,20,24-25,27,31H,1-3,8-9,11-14,17-19H2. The van der Waals surface area contributed by atoms with Gasteiger partial charge in [-0.15, -0.1) is 0 Å². The van der Waals surface area contributed by atoms with Gasteiger partial charge in [-0.1, -0.05) is 30.7 Å². The van der Waals surface area contributed by atoms with E-state index in [0.29, 0.717) is 24.8 Å².